The fraction of sp³-hybridized carbons (Fsp3) is 0.154. The van der Waals surface area contributed by atoms with Gasteiger partial charge in [-0.2, -0.15) is 0 Å². The summed E-state index contributed by atoms with van der Waals surface area (Å²) in [5.41, 5.74) is 3.86. The van der Waals surface area contributed by atoms with Crippen LogP contribution >= 0.6 is 23.2 Å². The Morgan fingerprint density at radius 3 is 2.36 bits per heavy atom. The zero-order valence-electron chi connectivity index (χ0n) is 18.3. The van der Waals surface area contributed by atoms with Crippen LogP contribution in [-0.4, -0.2) is 12.5 Å². The van der Waals surface area contributed by atoms with Crippen molar-refractivity contribution in [3.05, 3.63) is 91.6 Å². The predicted octanol–water partition coefficient (Wildman–Crippen LogP) is 6.71. The third-order valence-corrected chi connectivity index (χ3v) is 5.84. The Bertz CT molecular complexity index is 1420. The summed E-state index contributed by atoms with van der Waals surface area (Å²) in [6, 6.07) is 15.9. The van der Waals surface area contributed by atoms with E-state index in [9.17, 15) is 9.59 Å². The van der Waals surface area contributed by atoms with Crippen LogP contribution in [0.1, 0.15) is 16.7 Å². The molecule has 33 heavy (non-hydrogen) atoms. The van der Waals surface area contributed by atoms with E-state index < -0.39 is 11.3 Å². The first-order valence-electron chi connectivity index (χ1n) is 10.3. The van der Waals surface area contributed by atoms with Crippen molar-refractivity contribution in [3.8, 4) is 17.1 Å². The van der Waals surface area contributed by atoms with Crippen molar-refractivity contribution in [2.75, 3.05) is 11.9 Å². The summed E-state index contributed by atoms with van der Waals surface area (Å²) >= 11 is 12.6. The van der Waals surface area contributed by atoms with Gasteiger partial charge in [0, 0.05) is 16.3 Å². The number of ether oxygens (including phenoxy) is 1. The summed E-state index contributed by atoms with van der Waals surface area (Å²) in [5, 5.41) is 3.86. The van der Waals surface area contributed by atoms with Gasteiger partial charge in [0.05, 0.1) is 10.4 Å². The quantitative estimate of drug-likeness (QED) is 0.343. The lowest BCUT2D eigenvalue weighted by Gasteiger charge is -2.13. The van der Waals surface area contributed by atoms with Crippen LogP contribution in [0.2, 0.25) is 10.0 Å². The minimum atomic E-state index is -0.438. The second-order valence-electron chi connectivity index (χ2n) is 7.88. The van der Waals surface area contributed by atoms with Crippen molar-refractivity contribution in [3.63, 3.8) is 0 Å². The van der Waals surface area contributed by atoms with Gasteiger partial charge in [-0.05, 0) is 73.9 Å². The molecule has 5 nitrogen and oxygen atoms in total. The van der Waals surface area contributed by atoms with Crippen molar-refractivity contribution in [1.82, 2.24) is 0 Å². The third kappa shape index (κ3) is 4.90. The Balaban J connectivity index is 1.73. The van der Waals surface area contributed by atoms with E-state index in [0.717, 1.165) is 16.7 Å². The van der Waals surface area contributed by atoms with Gasteiger partial charge < -0.3 is 14.5 Å². The van der Waals surface area contributed by atoms with Gasteiger partial charge in [-0.15, -0.1) is 0 Å². The molecule has 0 bridgehead atoms. The van der Waals surface area contributed by atoms with Gasteiger partial charge in [0.1, 0.15) is 5.58 Å². The largest absolute Gasteiger partial charge is 0.476 e. The maximum atomic E-state index is 13.3. The monoisotopic (exact) mass is 481 g/mol. The molecule has 1 heterocycles. The normalized spacial score (nSPS) is 10.9. The standard InChI is InChI=1S/C26H21Cl2NO4/c1-14-8-15(2)10-17(9-14)29-23(30)13-32-26-24(31)19-12-21(28)16(3)11-22(19)33-25(26)18-6-4-5-7-20(18)27/h4-12H,13H2,1-3H3,(H,29,30). The highest BCUT2D eigenvalue weighted by Gasteiger charge is 2.21. The van der Waals surface area contributed by atoms with Crippen LogP contribution in [-0.2, 0) is 4.79 Å². The van der Waals surface area contributed by atoms with Crippen LogP contribution < -0.4 is 15.5 Å². The maximum absolute atomic E-state index is 13.3. The number of benzene rings is 3. The summed E-state index contributed by atoms with van der Waals surface area (Å²) in [7, 11) is 0. The highest BCUT2D eigenvalue weighted by atomic mass is 35.5. The number of anilines is 1. The first-order chi connectivity index (χ1) is 15.7. The van der Waals surface area contributed by atoms with E-state index in [2.05, 4.69) is 5.32 Å². The van der Waals surface area contributed by atoms with Gasteiger partial charge in [-0.1, -0.05) is 41.4 Å². The van der Waals surface area contributed by atoms with Crippen molar-refractivity contribution >= 4 is 45.8 Å². The van der Waals surface area contributed by atoms with Crippen molar-refractivity contribution in [2.45, 2.75) is 20.8 Å². The molecule has 0 saturated heterocycles. The van der Waals surface area contributed by atoms with E-state index in [0.29, 0.717) is 26.9 Å². The zero-order valence-corrected chi connectivity index (χ0v) is 19.8. The topological polar surface area (TPSA) is 68.5 Å². The van der Waals surface area contributed by atoms with Crippen molar-refractivity contribution < 1.29 is 13.9 Å². The zero-order chi connectivity index (χ0) is 23.7. The molecule has 7 heteroatoms. The van der Waals surface area contributed by atoms with Crippen LogP contribution in [0, 0.1) is 20.8 Å². The molecule has 1 aromatic heterocycles. The smallest absolute Gasteiger partial charge is 0.262 e. The van der Waals surface area contributed by atoms with Gasteiger partial charge in [-0.25, -0.2) is 0 Å². The Morgan fingerprint density at radius 2 is 1.67 bits per heavy atom. The SMILES string of the molecule is Cc1cc(C)cc(NC(=O)COc2c(-c3ccccc3Cl)oc3cc(C)c(Cl)cc3c2=O)c1. The van der Waals surface area contributed by atoms with E-state index in [1.54, 1.807) is 30.3 Å². The molecule has 0 aliphatic carbocycles. The number of hydrogen-bond donors (Lipinski definition) is 1. The maximum Gasteiger partial charge on any atom is 0.262 e. The first kappa shape index (κ1) is 22.9. The minimum Gasteiger partial charge on any atom is -0.476 e. The number of fused-ring (bicyclic) bond motifs is 1. The average molecular weight is 482 g/mol. The van der Waals surface area contributed by atoms with Crippen LogP contribution in [0.5, 0.6) is 5.75 Å². The summed E-state index contributed by atoms with van der Waals surface area (Å²) in [6.07, 6.45) is 0. The molecule has 0 unspecified atom stereocenters. The summed E-state index contributed by atoms with van der Waals surface area (Å²) in [6.45, 7) is 5.32. The van der Waals surface area contributed by atoms with Crippen LogP contribution in [0.15, 0.2) is 63.8 Å². The molecule has 0 atom stereocenters. The Labute approximate surface area is 200 Å². The molecule has 1 N–H and O–H groups in total. The van der Waals surface area contributed by atoms with E-state index in [1.165, 1.54) is 6.07 Å². The number of carbonyl (C=O) groups excluding carboxylic acids is 1. The molecular formula is C26H21Cl2NO4. The lowest BCUT2D eigenvalue weighted by Crippen LogP contribution is -2.22. The van der Waals surface area contributed by atoms with E-state index in [-0.39, 0.29) is 23.5 Å². The van der Waals surface area contributed by atoms with Crippen molar-refractivity contribution in [2.24, 2.45) is 0 Å². The summed E-state index contributed by atoms with van der Waals surface area (Å²) < 4.78 is 11.8. The Kier molecular flexibility index (Phi) is 6.45. The summed E-state index contributed by atoms with van der Waals surface area (Å²) in [5.74, 6) is -0.364. The Morgan fingerprint density at radius 1 is 0.970 bits per heavy atom. The van der Waals surface area contributed by atoms with Gasteiger partial charge >= 0.3 is 0 Å². The van der Waals surface area contributed by atoms with Gasteiger partial charge in [0.2, 0.25) is 11.2 Å². The third-order valence-electron chi connectivity index (χ3n) is 5.10. The number of aryl methyl sites for hydroxylation is 3. The van der Waals surface area contributed by atoms with Crippen molar-refractivity contribution in [1.29, 1.82) is 0 Å². The number of rotatable bonds is 5. The highest BCUT2D eigenvalue weighted by molar-refractivity contribution is 6.33. The minimum absolute atomic E-state index is 0.105. The molecule has 1 amide bonds. The molecule has 0 spiro atoms. The number of nitrogens with one attached hydrogen (secondary N) is 1. The highest BCUT2D eigenvalue weighted by Crippen LogP contribution is 2.36. The van der Waals surface area contributed by atoms with Gasteiger partial charge in [0.15, 0.2) is 12.4 Å². The molecule has 0 aliphatic rings. The van der Waals surface area contributed by atoms with Gasteiger partial charge in [0.25, 0.3) is 5.91 Å². The second-order valence-corrected chi connectivity index (χ2v) is 8.69. The number of amides is 1. The lowest BCUT2D eigenvalue weighted by molar-refractivity contribution is -0.118. The van der Waals surface area contributed by atoms with Crippen LogP contribution in [0.4, 0.5) is 5.69 Å². The predicted molar refractivity (Wildman–Crippen MR) is 133 cm³/mol. The molecule has 0 saturated carbocycles. The number of hydrogen-bond acceptors (Lipinski definition) is 4. The molecule has 3 aromatic carbocycles. The second kappa shape index (κ2) is 9.30. The fourth-order valence-electron chi connectivity index (χ4n) is 3.63. The van der Waals surface area contributed by atoms with E-state index >= 15 is 0 Å². The van der Waals surface area contributed by atoms with E-state index in [1.807, 2.05) is 39.0 Å². The molecule has 4 aromatic rings. The molecule has 0 radical (unpaired) electrons. The van der Waals surface area contributed by atoms with E-state index in [4.69, 9.17) is 32.4 Å². The fourth-order valence-corrected chi connectivity index (χ4v) is 4.02. The van der Waals surface area contributed by atoms with Crippen LogP contribution in [0.25, 0.3) is 22.3 Å². The first-order valence-corrected chi connectivity index (χ1v) is 11.0. The molecular weight excluding hydrogens is 461 g/mol. The van der Waals surface area contributed by atoms with Gasteiger partial charge in [-0.3, -0.25) is 9.59 Å². The number of carbonyl (C=O) groups is 1. The molecule has 4 rings (SSSR count). The molecule has 0 aliphatic heterocycles. The summed E-state index contributed by atoms with van der Waals surface area (Å²) in [4.78, 5) is 25.9. The van der Waals surface area contributed by atoms with Crippen LogP contribution in [0.3, 0.4) is 0 Å². The molecule has 168 valence electrons. The Hall–Kier alpha value is -3.28. The number of halogens is 2. The average Bonchev–Trinajstić information content (AvgIpc) is 2.74. The molecule has 0 fully saturated rings. The lowest BCUT2D eigenvalue weighted by atomic mass is 10.1.